The zero-order valence-electron chi connectivity index (χ0n) is 12.2. The number of hydrogen-bond donors (Lipinski definition) is 1. The van der Waals surface area contributed by atoms with Crippen molar-refractivity contribution in [3.05, 3.63) is 35.1 Å². The fraction of sp³-hybridized carbons (Fsp3) is 0.400. The summed E-state index contributed by atoms with van der Waals surface area (Å²) in [6.07, 6.45) is 0.667. The average molecular weight is 308 g/mol. The summed E-state index contributed by atoms with van der Waals surface area (Å²) in [6, 6.07) is 3.92. The van der Waals surface area contributed by atoms with Crippen LogP contribution in [0.3, 0.4) is 0 Å². The van der Waals surface area contributed by atoms with Gasteiger partial charge >= 0.3 is 0 Å². The predicted molar refractivity (Wildman–Crippen MR) is 75.9 cm³/mol. The lowest BCUT2D eigenvalue weighted by Crippen LogP contribution is -2.35. The van der Waals surface area contributed by atoms with E-state index in [4.69, 9.17) is 4.74 Å². The van der Waals surface area contributed by atoms with Crippen LogP contribution >= 0.6 is 0 Å². The lowest BCUT2D eigenvalue weighted by molar-refractivity contribution is -0.121. The summed E-state index contributed by atoms with van der Waals surface area (Å²) in [5.74, 6) is -2.24. The van der Waals surface area contributed by atoms with E-state index in [1.165, 1.54) is 12.1 Å². The normalized spacial score (nSPS) is 13.5. The Balaban J connectivity index is 1.90. The molecule has 2 rings (SSSR count). The Kier molecular flexibility index (Phi) is 5.21. The van der Waals surface area contributed by atoms with Crippen molar-refractivity contribution < 1.29 is 23.5 Å². The second kappa shape index (κ2) is 7.13. The number of nitrogens with one attached hydrogen (secondary N) is 1. The smallest absolute Gasteiger partial charge is 0.264 e. The van der Waals surface area contributed by atoms with Gasteiger partial charge in [0.05, 0.1) is 11.1 Å². The highest BCUT2D eigenvalue weighted by atomic mass is 19.1. The largest absolute Gasteiger partial charge is 0.385 e. The molecule has 0 radical (unpaired) electrons. The quantitative estimate of drug-likeness (QED) is 0.601. The van der Waals surface area contributed by atoms with Gasteiger partial charge in [0.1, 0.15) is 5.82 Å². The van der Waals surface area contributed by atoms with Crippen LogP contribution in [-0.2, 0) is 9.53 Å². The van der Waals surface area contributed by atoms with Gasteiger partial charge in [-0.3, -0.25) is 19.3 Å². The molecule has 0 bridgehead atoms. The van der Waals surface area contributed by atoms with Crippen molar-refractivity contribution in [1.82, 2.24) is 10.2 Å². The third-order valence-electron chi connectivity index (χ3n) is 3.36. The maximum absolute atomic E-state index is 13.6. The number of fused-ring (bicyclic) bond motifs is 1. The molecule has 0 spiro atoms. The van der Waals surface area contributed by atoms with E-state index in [9.17, 15) is 18.8 Å². The molecule has 1 aromatic carbocycles. The number of benzene rings is 1. The van der Waals surface area contributed by atoms with Crippen molar-refractivity contribution in [2.45, 2.75) is 12.8 Å². The van der Waals surface area contributed by atoms with E-state index in [0.717, 1.165) is 11.0 Å². The van der Waals surface area contributed by atoms with E-state index in [-0.39, 0.29) is 30.0 Å². The number of halogens is 1. The van der Waals surface area contributed by atoms with E-state index < -0.39 is 17.6 Å². The summed E-state index contributed by atoms with van der Waals surface area (Å²) < 4.78 is 18.5. The molecule has 7 heteroatoms. The Hall–Kier alpha value is -2.28. The third-order valence-corrected chi connectivity index (χ3v) is 3.36. The molecule has 3 amide bonds. The van der Waals surface area contributed by atoms with E-state index in [0.29, 0.717) is 19.6 Å². The zero-order chi connectivity index (χ0) is 16.1. The van der Waals surface area contributed by atoms with Crippen molar-refractivity contribution in [3.8, 4) is 0 Å². The van der Waals surface area contributed by atoms with Gasteiger partial charge in [-0.1, -0.05) is 6.07 Å². The molecular formula is C15H17FN2O4. The van der Waals surface area contributed by atoms with Gasteiger partial charge in [-0.2, -0.15) is 0 Å². The summed E-state index contributed by atoms with van der Waals surface area (Å²) >= 11 is 0. The molecule has 1 aromatic rings. The van der Waals surface area contributed by atoms with Crippen molar-refractivity contribution >= 4 is 17.7 Å². The van der Waals surface area contributed by atoms with Gasteiger partial charge in [0, 0.05) is 33.2 Å². The second-order valence-corrected chi connectivity index (χ2v) is 4.87. The van der Waals surface area contributed by atoms with Crippen LogP contribution in [0.4, 0.5) is 4.39 Å². The molecule has 0 unspecified atom stereocenters. The molecule has 1 aliphatic rings. The van der Waals surface area contributed by atoms with Crippen LogP contribution in [0.2, 0.25) is 0 Å². The van der Waals surface area contributed by atoms with Gasteiger partial charge in [0.15, 0.2) is 0 Å². The Morgan fingerprint density at radius 1 is 1.32 bits per heavy atom. The number of carbonyl (C=O) groups excluding carboxylic acids is 3. The first-order valence-corrected chi connectivity index (χ1v) is 6.96. The monoisotopic (exact) mass is 308 g/mol. The fourth-order valence-corrected chi connectivity index (χ4v) is 2.24. The van der Waals surface area contributed by atoms with Crippen LogP contribution < -0.4 is 5.32 Å². The minimum Gasteiger partial charge on any atom is -0.385 e. The van der Waals surface area contributed by atoms with E-state index in [2.05, 4.69) is 5.32 Å². The summed E-state index contributed by atoms with van der Waals surface area (Å²) in [5, 5.41) is 2.66. The first-order chi connectivity index (χ1) is 10.6. The van der Waals surface area contributed by atoms with Crippen LogP contribution in [-0.4, -0.2) is 49.4 Å². The van der Waals surface area contributed by atoms with Gasteiger partial charge < -0.3 is 10.1 Å². The molecule has 0 fully saturated rings. The van der Waals surface area contributed by atoms with Gasteiger partial charge in [-0.15, -0.1) is 0 Å². The Labute approximate surface area is 127 Å². The molecule has 0 saturated carbocycles. The number of ether oxygens (including phenoxy) is 1. The highest BCUT2D eigenvalue weighted by Crippen LogP contribution is 2.25. The molecular weight excluding hydrogens is 291 g/mol. The number of hydrogen-bond acceptors (Lipinski definition) is 4. The predicted octanol–water partition coefficient (Wildman–Crippen LogP) is 0.965. The Bertz CT molecular complexity index is 603. The SMILES string of the molecule is COCCCNC(=O)CCN1C(=O)c2cccc(F)c2C1=O. The first-order valence-electron chi connectivity index (χ1n) is 6.96. The van der Waals surface area contributed by atoms with E-state index >= 15 is 0 Å². The van der Waals surface area contributed by atoms with Gasteiger partial charge in [0.2, 0.25) is 5.91 Å². The van der Waals surface area contributed by atoms with Gasteiger partial charge in [0.25, 0.3) is 11.8 Å². The van der Waals surface area contributed by atoms with Crippen molar-refractivity contribution in [2.24, 2.45) is 0 Å². The summed E-state index contributed by atoms with van der Waals surface area (Å²) in [7, 11) is 1.57. The van der Waals surface area contributed by atoms with Crippen LogP contribution in [0.1, 0.15) is 33.6 Å². The zero-order valence-corrected chi connectivity index (χ0v) is 12.2. The highest BCUT2D eigenvalue weighted by molar-refractivity contribution is 6.21. The maximum Gasteiger partial charge on any atom is 0.264 e. The minimum atomic E-state index is -0.720. The second-order valence-electron chi connectivity index (χ2n) is 4.87. The van der Waals surface area contributed by atoms with Crippen LogP contribution in [0.15, 0.2) is 18.2 Å². The Morgan fingerprint density at radius 3 is 2.77 bits per heavy atom. The summed E-state index contributed by atoms with van der Waals surface area (Å²) in [5.41, 5.74) is -0.168. The van der Waals surface area contributed by atoms with Crippen LogP contribution in [0.25, 0.3) is 0 Å². The van der Waals surface area contributed by atoms with Gasteiger partial charge in [-0.25, -0.2) is 4.39 Å². The minimum absolute atomic E-state index is 0.0138. The average Bonchev–Trinajstić information content (AvgIpc) is 2.74. The number of carbonyl (C=O) groups is 3. The van der Waals surface area contributed by atoms with E-state index in [1.54, 1.807) is 7.11 Å². The van der Waals surface area contributed by atoms with Crippen molar-refractivity contribution in [2.75, 3.05) is 26.8 Å². The fourth-order valence-electron chi connectivity index (χ4n) is 2.24. The Morgan fingerprint density at radius 2 is 2.09 bits per heavy atom. The van der Waals surface area contributed by atoms with Gasteiger partial charge in [-0.05, 0) is 18.6 Å². The van der Waals surface area contributed by atoms with Crippen LogP contribution in [0, 0.1) is 5.82 Å². The molecule has 0 atom stereocenters. The molecule has 1 heterocycles. The standard InChI is InChI=1S/C15H17FN2O4/c1-22-9-3-7-17-12(19)6-8-18-14(20)10-4-2-5-11(16)13(10)15(18)21/h2,4-5H,3,6-9H2,1H3,(H,17,19). The molecule has 1 N–H and O–H groups in total. The number of rotatable bonds is 7. The first kappa shape index (κ1) is 16.1. The lowest BCUT2D eigenvalue weighted by atomic mass is 10.1. The number of amides is 3. The molecule has 1 aliphatic heterocycles. The van der Waals surface area contributed by atoms with Crippen LogP contribution in [0.5, 0.6) is 0 Å². The topological polar surface area (TPSA) is 75.7 Å². The molecule has 0 aliphatic carbocycles. The summed E-state index contributed by atoms with van der Waals surface area (Å²) in [4.78, 5) is 36.7. The third kappa shape index (κ3) is 3.30. The molecule has 0 saturated heterocycles. The number of methoxy groups -OCH3 is 1. The number of imide groups is 1. The molecule has 6 nitrogen and oxygen atoms in total. The molecule has 22 heavy (non-hydrogen) atoms. The summed E-state index contributed by atoms with van der Waals surface area (Å²) in [6.45, 7) is 0.934. The van der Waals surface area contributed by atoms with Crippen molar-refractivity contribution in [1.29, 1.82) is 0 Å². The highest BCUT2D eigenvalue weighted by Gasteiger charge is 2.37. The number of nitrogens with zero attached hydrogens (tertiary/aromatic N) is 1. The van der Waals surface area contributed by atoms with Crippen molar-refractivity contribution in [3.63, 3.8) is 0 Å². The molecule has 0 aromatic heterocycles. The molecule has 118 valence electrons. The lowest BCUT2D eigenvalue weighted by Gasteiger charge is -2.13. The van der Waals surface area contributed by atoms with E-state index in [1.807, 2.05) is 0 Å². The maximum atomic E-state index is 13.6.